The van der Waals surface area contributed by atoms with E-state index in [9.17, 15) is 4.79 Å². The molecule has 120 valence electrons. The van der Waals surface area contributed by atoms with Crippen molar-refractivity contribution in [3.8, 4) is 17.1 Å². The van der Waals surface area contributed by atoms with Gasteiger partial charge in [0.15, 0.2) is 6.61 Å². The molecule has 2 heterocycles. The Hall–Kier alpha value is -3.03. The van der Waals surface area contributed by atoms with Gasteiger partial charge in [-0.15, -0.1) is 0 Å². The van der Waals surface area contributed by atoms with Gasteiger partial charge in [-0.2, -0.15) is 4.98 Å². The average molecular weight is 318 g/mol. The van der Waals surface area contributed by atoms with E-state index in [1.807, 2.05) is 12.1 Å². The van der Waals surface area contributed by atoms with Gasteiger partial charge >= 0.3 is 5.97 Å². The number of hydrogen-bond donors (Lipinski definition) is 0. The van der Waals surface area contributed by atoms with Crippen molar-refractivity contribution in [2.45, 2.75) is 6.61 Å². The first-order valence-electron chi connectivity index (χ1n) is 6.85. The zero-order chi connectivity index (χ0) is 16.1. The van der Waals surface area contributed by atoms with E-state index in [2.05, 4.69) is 10.1 Å². The number of methoxy groups -OCH3 is 1. The molecule has 8 heteroatoms. The van der Waals surface area contributed by atoms with E-state index in [0.717, 1.165) is 0 Å². The van der Waals surface area contributed by atoms with E-state index < -0.39 is 5.97 Å². The monoisotopic (exact) mass is 318 g/mol. The first-order valence-corrected chi connectivity index (χ1v) is 6.85. The van der Waals surface area contributed by atoms with Crippen LogP contribution in [-0.4, -0.2) is 36.4 Å². The molecule has 0 unspecified atom stereocenters. The lowest BCUT2D eigenvalue weighted by Crippen LogP contribution is -2.17. The zero-order valence-corrected chi connectivity index (χ0v) is 12.4. The molecule has 0 amide bonds. The number of carbonyl (C=O) groups excluding carboxylic acids is 1. The molecule has 8 nitrogen and oxygen atoms in total. The van der Waals surface area contributed by atoms with Crippen molar-refractivity contribution in [3.63, 3.8) is 0 Å². The fraction of sp³-hybridized carbons (Fsp3) is 0.267. The predicted molar refractivity (Wildman–Crippen MR) is 76.1 cm³/mol. The second-order valence-corrected chi connectivity index (χ2v) is 4.49. The molecule has 3 rings (SSSR count). The molecule has 0 N–H and O–H groups in total. The van der Waals surface area contributed by atoms with Gasteiger partial charge in [0.25, 0.3) is 5.89 Å². The summed E-state index contributed by atoms with van der Waals surface area (Å²) in [5.41, 5.74) is 0.683. The molecular formula is C15H14N2O6. The van der Waals surface area contributed by atoms with Gasteiger partial charge in [-0.25, -0.2) is 4.79 Å². The lowest BCUT2D eigenvalue weighted by atomic mass is 10.2. The maximum atomic E-state index is 11.7. The Labute approximate surface area is 131 Å². The highest BCUT2D eigenvalue weighted by molar-refractivity contribution is 5.85. The topological polar surface area (TPSA) is 92.9 Å². The molecule has 0 fully saturated rings. The highest BCUT2D eigenvalue weighted by Gasteiger charge is 2.19. The van der Waals surface area contributed by atoms with Crippen LogP contribution in [0, 0.1) is 0 Å². The lowest BCUT2D eigenvalue weighted by Gasteiger charge is -2.13. The average Bonchev–Trinajstić information content (AvgIpc) is 3.09. The molecule has 1 aromatic carbocycles. The summed E-state index contributed by atoms with van der Waals surface area (Å²) in [6, 6.07) is 7.27. The number of aromatic nitrogens is 2. The first-order chi connectivity index (χ1) is 11.3. The van der Waals surface area contributed by atoms with Crippen LogP contribution in [0.3, 0.4) is 0 Å². The minimum absolute atomic E-state index is 0.0146. The van der Waals surface area contributed by atoms with E-state index in [1.165, 1.54) is 6.26 Å². The molecule has 0 atom stereocenters. The van der Waals surface area contributed by atoms with E-state index in [-0.39, 0.29) is 18.3 Å². The largest absolute Gasteiger partial charge is 0.496 e. The molecular weight excluding hydrogens is 304 g/mol. The molecule has 0 spiro atoms. The summed E-state index contributed by atoms with van der Waals surface area (Å²) < 4.78 is 25.4. The number of ether oxygens (including phenoxy) is 4. The van der Waals surface area contributed by atoms with Crippen molar-refractivity contribution < 1.29 is 28.3 Å². The highest BCUT2D eigenvalue weighted by atomic mass is 16.6. The number of hydrogen-bond acceptors (Lipinski definition) is 8. The summed E-state index contributed by atoms with van der Waals surface area (Å²) in [5, 5.41) is 3.86. The van der Waals surface area contributed by atoms with Crippen LogP contribution in [0.1, 0.15) is 5.89 Å². The Morgan fingerprint density at radius 3 is 2.96 bits per heavy atom. The van der Waals surface area contributed by atoms with Crippen LogP contribution in [0.25, 0.3) is 11.4 Å². The molecule has 0 aliphatic carbocycles. The molecule has 2 aromatic rings. The molecule has 0 saturated carbocycles. The molecule has 23 heavy (non-hydrogen) atoms. The summed E-state index contributed by atoms with van der Waals surface area (Å²) in [4.78, 5) is 15.9. The second-order valence-electron chi connectivity index (χ2n) is 4.49. The van der Waals surface area contributed by atoms with Gasteiger partial charge in [0, 0.05) is 0 Å². The van der Waals surface area contributed by atoms with Gasteiger partial charge in [-0.1, -0.05) is 17.3 Å². The zero-order valence-electron chi connectivity index (χ0n) is 12.4. The third-order valence-electron chi connectivity index (χ3n) is 2.99. The molecule has 0 bridgehead atoms. The van der Waals surface area contributed by atoms with Crippen LogP contribution in [0.4, 0.5) is 0 Å². The normalized spacial score (nSPS) is 13.5. The van der Waals surface area contributed by atoms with Crippen LogP contribution >= 0.6 is 0 Å². The smallest absolute Gasteiger partial charge is 0.377 e. The van der Waals surface area contributed by atoms with Crippen LogP contribution < -0.4 is 4.74 Å². The van der Waals surface area contributed by atoms with Crippen LogP contribution in [0.5, 0.6) is 5.75 Å². The fourth-order valence-electron chi connectivity index (χ4n) is 1.93. The van der Waals surface area contributed by atoms with E-state index in [1.54, 1.807) is 19.2 Å². The Kier molecular flexibility index (Phi) is 4.41. The number of nitrogens with zero attached hydrogens (tertiary/aromatic N) is 2. The summed E-state index contributed by atoms with van der Waals surface area (Å²) in [7, 11) is 1.56. The van der Waals surface area contributed by atoms with Crippen molar-refractivity contribution in [1.29, 1.82) is 0 Å². The van der Waals surface area contributed by atoms with Gasteiger partial charge in [0.2, 0.25) is 11.6 Å². The van der Waals surface area contributed by atoms with Gasteiger partial charge in [-0.05, 0) is 12.1 Å². The van der Waals surface area contributed by atoms with Crippen molar-refractivity contribution >= 4 is 5.97 Å². The number of para-hydroxylation sites is 1. The quantitative estimate of drug-likeness (QED) is 0.769. The van der Waals surface area contributed by atoms with Crippen molar-refractivity contribution in [2.75, 3.05) is 20.3 Å². The maximum Gasteiger partial charge on any atom is 0.377 e. The SMILES string of the molecule is COc1ccccc1-c1noc(COC(=O)C2=COCCO2)n1. The summed E-state index contributed by atoms with van der Waals surface area (Å²) in [5.74, 6) is 0.499. The van der Waals surface area contributed by atoms with E-state index >= 15 is 0 Å². The fourth-order valence-corrected chi connectivity index (χ4v) is 1.93. The number of benzene rings is 1. The first kappa shape index (κ1) is 14.9. The third-order valence-corrected chi connectivity index (χ3v) is 2.99. The molecule has 1 aromatic heterocycles. The van der Waals surface area contributed by atoms with E-state index in [0.29, 0.717) is 30.4 Å². The Morgan fingerprint density at radius 2 is 2.17 bits per heavy atom. The minimum Gasteiger partial charge on any atom is -0.496 e. The molecule has 1 aliphatic heterocycles. The number of esters is 1. The second kappa shape index (κ2) is 6.82. The standard InChI is InChI=1S/C15H14N2O6/c1-19-11-5-3-2-4-10(11)14-16-13(23-17-14)9-22-15(18)12-8-20-6-7-21-12/h2-5,8H,6-7,9H2,1H3. The van der Waals surface area contributed by atoms with Gasteiger partial charge in [-0.3, -0.25) is 0 Å². The molecule has 0 saturated heterocycles. The lowest BCUT2D eigenvalue weighted by molar-refractivity contribution is -0.146. The summed E-state index contributed by atoms with van der Waals surface area (Å²) >= 11 is 0. The van der Waals surface area contributed by atoms with Crippen LogP contribution in [0.15, 0.2) is 40.8 Å². The molecule has 1 aliphatic rings. The van der Waals surface area contributed by atoms with Gasteiger partial charge in [0.1, 0.15) is 25.2 Å². The van der Waals surface area contributed by atoms with Crippen molar-refractivity contribution in [2.24, 2.45) is 0 Å². The molecule has 0 radical (unpaired) electrons. The van der Waals surface area contributed by atoms with E-state index in [4.69, 9.17) is 23.5 Å². The number of rotatable bonds is 5. The van der Waals surface area contributed by atoms with Gasteiger partial charge in [0.05, 0.1) is 12.7 Å². The van der Waals surface area contributed by atoms with Crippen molar-refractivity contribution in [1.82, 2.24) is 10.1 Å². The van der Waals surface area contributed by atoms with Crippen LogP contribution in [-0.2, 0) is 25.6 Å². The van der Waals surface area contributed by atoms with Crippen LogP contribution in [0.2, 0.25) is 0 Å². The minimum atomic E-state index is -0.651. The Bertz CT molecular complexity index is 724. The maximum absolute atomic E-state index is 11.7. The Morgan fingerprint density at radius 1 is 1.30 bits per heavy atom. The highest BCUT2D eigenvalue weighted by Crippen LogP contribution is 2.27. The summed E-state index contributed by atoms with van der Waals surface area (Å²) in [6.07, 6.45) is 1.22. The third kappa shape index (κ3) is 3.42. The van der Waals surface area contributed by atoms with Crippen molar-refractivity contribution in [3.05, 3.63) is 42.2 Å². The van der Waals surface area contributed by atoms with Gasteiger partial charge < -0.3 is 23.5 Å². The Balaban J connectivity index is 1.65. The predicted octanol–water partition coefficient (Wildman–Crippen LogP) is 1.68. The number of carbonyl (C=O) groups is 1. The summed E-state index contributed by atoms with van der Waals surface area (Å²) in [6.45, 7) is 0.545.